The van der Waals surface area contributed by atoms with Gasteiger partial charge in [0.1, 0.15) is 10.7 Å². The number of aromatic nitrogens is 1. The van der Waals surface area contributed by atoms with Crippen LogP contribution in [0.25, 0.3) is 0 Å². The standard InChI is InChI=1S/C12H9BrN2O3S/c1-6-7(13)2-5-10(14-6)15-11(16)8-3-4-9(19-8)12(17)18/h2-5H,1H3,(H,17,18)(H,14,15,16). The first-order chi connectivity index (χ1) is 8.97. The highest BCUT2D eigenvalue weighted by Crippen LogP contribution is 2.19. The molecular weight excluding hydrogens is 332 g/mol. The minimum atomic E-state index is -1.04. The third-order valence-corrected chi connectivity index (χ3v) is 4.21. The number of aryl methyl sites for hydroxylation is 1. The van der Waals surface area contributed by atoms with Crippen molar-refractivity contribution in [1.29, 1.82) is 0 Å². The van der Waals surface area contributed by atoms with Gasteiger partial charge in [-0.25, -0.2) is 9.78 Å². The molecule has 0 spiro atoms. The summed E-state index contributed by atoms with van der Waals surface area (Å²) < 4.78 is 0.856. The van der Waals surface area contributed by atoms with Gasteiger partial charge in [0, 0.05) is 4.47 Å². The van der Waals surface area contributed by atoms with Crippen LogP contribution in [0, 0.1) is 6.92 Å². The molecule has 0 aromatic carbocycles. The molecule has 0 saturated carbocycles. The van der Waals surface area contributed by atoms with E-state index in [9.17, 15) is 9.59 Å². The quantitative estimate of drug-likeness (QED) is 0.899. The van der Waals surface area contributed by atoms with E-state index in [2.05, 4.69) is 26.2 Å². The Morgan fingerprint density at radius 3 is 2.53 bits per heavy atom. The van der Waals surface area contributed by atoms with Gasteiger partial charge < -0.3 is 10.4 Å². The third-order valence-electron chi connectivity index (χ3n) is 2.30. The van der Waals surface area contributed by atoms with Crippen molar-refractivity contribution in [2.24, 2.45) is 0 Å². The van der Waals surface area contributed by atoms with Gasteiger partial charge >= 0.3 is 5.97 Å². The van der Waals surface area contributed by atoms with Gasteiger partial charge in [-0.2, -0.15) is 0 Å². The Kier molecular flexibility index (Phi) is 3.96. The first-order valence-corrected chi connectivity index (χ1v) is 6.86. The summed E-state index contributed by atoms with van der Waals surface area (Å²) in [5.74, 6) is -0.982. The van der Waals surface area contributed by atoms with Crippen molar-refractivity contribution in [2.45, 2.75) is 6.92 Å². The smallest absolute Gasteiger partial charge is 0.345 e. The number of halogens is 1. The van der Waals surface area contributed by atoms with E-state index in [0.29, 0.717) is 10.7 Å². The number of hydrogen-bond donors (Lipinski definition) is 2. The van der Waals surface area contributed by atoms with Crippen molar-refractivity contribution < 1.29 is 14.7 Å². The van der Waals surface area contributed by atoms with Crippen molar-refractivity contribution in [3.63, 3.8) is 0 Å². The molecule has 0 radical (unpaired) electrons. The Hall–Kier alpha value is -1.73. The molecule has 2 N–H and O–H groups in total. The normalized spacial score (nSPS) is 10.2. The summed E-state index contributed by atoms with van der Waals surface area (Å²) in [5, 5.41) is 11.4. The highest BCUT2D eigenvalue weighted by molar-refractivity contribution is 9.10. The van der Waals surface area contributed by atoms with Gasteiger partial charge in [0.25, 0.3) is 5.91 Å². The molecule has 0 fully saturated rings. The van der Waals surface area contributed by atoms with E-state index >= 15 is 0 Å². The van der Waals surface area contributed by atoms with Crippen LogP contribution in [-0.2, 0) is 0 Å². The molecule has 5 nitrogen and oxygen atoms in total. The molecule has 0 aliphatic heterocycles. The lowest BCUT2D eigenvalue weighted by atomic mass is 10.3. The Morgan fingerprint density at radius 2 is 1.95 bits per heavy atom. The molecule has 0 saturated heterocycles. The molecule has 7 heteroatoms. The first-order valence-electron chi connectivity index (χ1n) is 5.25. The van der Waals surface area contributed by atoms with E-state index in [1.807, 2.05) is 6.92 Å². The van der Waals surface area contributed by atoms with Crippen LogP contribution in [-0.4, -0.2) is 22.0 Å². The average molecular weight is 341 g/mol. The predicted molar refractivity (Wildman–Crippen MR) is 75.9 cm³/mol. The number of anilines is 1. The van der Waals surface area contributed by atoms with Gasteiger partial charge in [-0.05, 0) is 47.1 Å². The molecule has 2 heterocycles. The minimum absolute atomic E-state index is 0.130. The van der Waals surface area contributed by atoms with Gasteiger partial charge in [0.05, 0.1) is 10.6 Å². The van der Waals surface area contributed by atoms with Crippen LogP contribution < -0.4 is 5.32 Å². The molecule has 2 aromatic heterocycles. The molecule has 0 unspecified atom stereocenters. The summed E-state index contributed by atoms with van der Waals surface area (Å²) >= 11 is 4.25. The monoisotopic (exact) mass is 340 g/mol. The van der Waals surface area contributed by atoms with E-state index in [4.69, 9.17) is 5.11 Å². The van der Waals surface area contributed by atoms with E-state index in [-0.39, 0.29) is 10.8 Å². The van der Waals surface area contributed by atoms with E-state index in [0.717, 1.165) is 21.5 Å². The average Bonchev–Trinajstić information content (AvgIpc) is 2.83. The zero-order valence-electron chi connectivity index (χ0n) is 9.81. The second-order valence-corrected chi connectivity index (χ2v) is 5.63. The lowest BCUT2D eigenvalue weighted by molar-refractivity contribution is 0.0702. The Morgan fingerprint density at radius 1 is 1.26 bits per heavy atom. The lowest BCUT2D eigenvalue weighted by Crippen LogP contribution is -2.11. The number of amides is 1. The number of nitrogens with zero attached hydrogens (tertiary/aromatic N) is 1. The van der Waals surface area contributed by atoms with Gasteiger partial charge in [0.2, 0.25) is 0 Å². The van der Waals surface area contributed by atoms with E-state index in [1.54, 1.807) is 12.1 Å². The zero-order valence-corrected chi connectivity index (χ0v) is 12.2. The molecular formula is C12H9BrN2O3S. The van der Waals surface area contributed by atoms with Crippen LogP contribution in [0.4, 0.5) is 5.82 Å². The molecule has 2 rings (SSSR count). The fourth-order valence-electron chi connectivity index (χ4n) is 1.37. The summed E-state index contributed by atoms with van der Waals surface area (Å²) in [6.45, 7) is 1.81. The fraction of sp³-hybridized carbons (Fsp3) is 0.0833. The Bertz CT molecular complexity index is 654. The summed E-state index contributed by atoms with van der Waals surface area (Å²) in [6.07, 6.45) is 0. The van der Waals surface area contributed by atoms with Crippen molar-refractivity contribution in [3.8, 4) is 0 Å². The molecule has 2 aromatic rings. The number of carbonyl (C=O) groups excluding carboxylic acids is 1. The molecule has 0 bridgehead atoms. The molecule has 0 aliphatic carbocycles. The van der Waals surface area contributed by atoms with Gasteiger partial charge in [-0.15, -0.1) is 11.3 Å². The maximum Gasteiger partial charge on any atom is 0.345 e. The second kappa shape index (κ2) is 5.50. The van der Waals surface area contributed by atoms with Crippen molar-refractivity contribution in [3.05, 3.63) is 44.2 Å². The maximum absolute atomic E-state index is 11.9. The number of carboxylic acids is 1. The fourth-order valence-corrected chi connectivity index (χ4v) is 2.33. The highest BCUT2D eigenvalue weighted by Gasteiger charge is 2.13. The SMILES string of the molecule is Cc1nc(NC(=O)c2ccc(C(=O)O)s2)ccc1Br. The molecule has 98 valence electrons. The topological polar surface area (TPSA) is 79.3 Å². The summed E-state index contributed by atoms with van der Waals surface area (Å²) in [5.41, 5.74) is 0.759. The summed E-state index contributed by atoms with van der Waals surface area (Å²) in [7, 11) is 0. The van der Waals surface area contributed by atoms with Crippen LogP contribution in [0.3, 0.4) is 0 Å². The predicted octanol–water partition coefficient (Wildman–Crippen LogP) is 3.16. The van der Waals surface area contributed by atoms with Crippen LogP contribution in [0.1, 0.15) is 25.0 Å². The number of aromatic carboxylic acids is 1. The van der Waals surface area contributed by atoms with Crippen LogP contribution in [0.2, 0.25) is 0 Å². The number of carbonyl (C=O) groups is 2. The van der Waals surface area contributed by atoms with Crippen molar-refractivity contribution in [1.82, 2.24) is 4.98 Å². The molecule has 0 aliphatic rings. The number of nitrogens with one attached hydrogen (secondary N) is 1. The van der Waals surface area contributed by atoms with Crippen LogP contribution in [0.15, 0.2) is 28.7 Å². The van der Waals surface area contributed by atoms with E-state index in [1.165, 1.54) is 12.1 Å². The number of rotatable bonds is 3. The van der Waals surface area contributed by atoms with E-state index < -0.39 is 5.97 Å². The van der Waals surface area contributed by atoms with Gasteiger partial charge in [0.15, 0.2) is 0 Å². The Labute approximate surface area is 121 Å². The maximum atomic E-state index is 11.9. The lowest BCUT2D eigenvalue weighted by Gasteiger charge is -2.04. The van der Waals surface area contributed by atoms with Crippen molar-refractivity contribution >= 4 is 45.0 Å². The van der Waals surface area contributed by atoms with Gasteiger partial charge in [-0.3, -0.25) is 4.79 Å². The highest BCUT2D eigenvalue weighted by atomic mass is 79.9. The van der Waals surface area contributed by atoms with Gasteiger partial charge in [-0.1, -0.05) is 0 Å². The first kappa shape index (κ1) is 13.7. The number of thiophene rings is 1. The van der Waals surface area contributed by atoms with Crippen LogP contribution >= 0.6 is 27.3 Å². The summed E-state index contributed by atoms with van der Waals surface area (Å²) in [6, 6.07) is 6.34. The Balaban J connectivity index is 2.15. The zero-order chi connectivity index (χ0) is 14.0. The van der Waals surface area contributed by atoms with Crippen molar-refractivity contribution in [2.75, 3.05) is 5.32 Å². The number of carboxylic acid groups (broad SMARTS) is 1. The summed E-state index contributed by atoms with van der Waals surface area (Å²) in [4.78, 5) is 27.3. The van der Waals surface area contributed by atoms with Crippen LogP contribution in [0.5, 0.6) is 0 Å². The number of hydrogen-bond acceptors (Lipinski definition) is 4. The largest absolute Gasteiger partial charge is 0.477 e. The number of pyridine rings is 1. The minimum Gasteiger partial charge on any atom is -0.477 e. The third kappa shape index (κ3) is 3.18. The second-order valence-electron chi connectivity index (χ2n) is 3.69. The molecule has 0 atom stereocenters. The molecule has 19 heavy (non-hydrogen) atoms. The molecule has 1 amide bonds.